The molecule has 0 N–H and O–H groups in total. The minimum atomic E-state index is -0.530. The van der Waals surface area contributed by atoms with Crippen molar-refractivity contribution in [3.63, 3.8) is 0 Å². The number of carbonyl (C=O) groups is 2. The van der Waals surface area contributed by atoms with Crippen molar-refractivity contribution in [2.24, 2.45) is 9.98 Å². The molecule has 0 amide bonds. The summed E-state index contributed by atoms with van der Waals surface area (Å²) in [7, 11) is 0. The molecule has 6 aromatic heterocycles. The van der Waals surface area contributed by atoms with Crippen molar-refractivity contribution in [2.45, 2.75) is 0 Å². The van der Waals surface area contributed by atoms with Gasteiger partial charge in [0.2, 0.25) is 0 Å². The number of isothiocyanates is 2. The second kappa shape index (κ2) is 24.3. The number of aliphatic imine (C=N–C) groups is 2. The van der Waals surface area contributed by atoms with Gasteiger partial charge in [0, 0.05) is 37.2 Å². The van der Waals surface area contributed by atoms with E-state index in [1.54, 1.807) is 24.8 Å². The standard InChI is InChI=1S/C18H14N4O4S2.2C10H8N2.Ru/c23-17(25-7-5-19-11-27)13-1-3-21-15(9-13)16-10-14(2-4-22-16)18(24)26-8-6-20-12-28;2*1-3-7-11-9(5-1)10-6-2-4-8-12-10;/h1-4,9-10H,5-8H2;2*1-8H;/q;;;+2. The first-order valence-corrected chi connectivity index (χ1v) is 16.4. The fourth-order valence-electron chi connectivity index (χ4n) is 4.08. The van der Waals surface area contributed by atoms with E-state index in [9.17, 15) is 9.59 Å². The van der Waals surface area contributed by atoms with Crippen LogP contribution in [0.15, 0.2) is 144 Å². The average molecular weight is 828 g/mol. The van der Waals surface area contributed by atoms with Crippen LogP contribution in [0.2, 0.25) is 0 Å². The molecule has 0 saturated heterocycles. The molecule has 0 aliphatic rings. The molecular weight excluding hydrogens is 798 g/mol. The van der Waals surface area contributed by atoms with E-state index in [0.29, 0.717) is 22.5 Å². The molecule has 0 radical (unpaired) electrons. The Morgan fingerprint density at radius 1 is 0.491 bits per heavy atom. The number of esters is 2. The zero-order chi connectivity index (χ0) is 36.6. The number of aromatic nitrogens is 6. The molecule has 0 aliphatic carbocycles. The molecule has 0 saturated carbocycles. The smallest absolute Gasteiger partial charge is 0.460 e. The van der Waals surface area contributed by atoms with Crippen molar-refractivity contribution in [3.8, 4) is 34.2 Å². The van der Waals surface area contributed by atoms with Gasteiger partial charge in [-0.1, -0.05) is 24.3 Å². The van der Waals surface area contributed by atoms with Crippen LogP contribution in [0.5, 0.6) is 0 Å². The number of thiocarbonyl (C=S) groups is 2. The van der Waals surface area contributed by atoms with Crippen molar-refractivity contribution >= 4 is 46.7 Å². The third-order valence-electron chi connectivity index (χ3n) is 6.44. The molecule has 0 aliphatic heterocycles. The first kappa shape index (κ1) is 41.5. The number of ether oxygens (including phenoxy) is 2. The largest absolute Gasteiger partial charge is 2.00 e. The zero-order valence-corrected chi connectivity index (χ0v) is 31.3. The van der Waals surface area contributed by atoms with Crippen LogP contribution in [0.1, 0.15) is 20.7 Å². The van der Waals surface area contributed by atoms with Gasteiger partial charge in [-0.05, 0) is 97.2 Å². The average Bonchev–Trinajstić information content (AvgIpc) is 3.23. The van der Waals surface area contributed by atoms with Crippen LogP contribution >= 0.6 is 24.4 Å². The molecule has 0 atom stereocenters. The Labute approximate surface area is 329 Å². The Balaban J connectivity index is 0.000000247. The fraction of sp³-hybridized carbons (Fsp3) is 0.105. The summed E-state index contributed by atoms with van der Waals surface area (Å²) in [5, 5.41) is 4.39. The van der Waals surface area contributed by atoms with Crippen molar-refractivity contribution < 1.29 is 38.5 Å². The van der Waals surface area contributed by atoms with Crippen LogP contribution in [-0.4, -0.2) is 78.5 Å². The van der Waals surface area contributed by atoms with Crippen molar-refractivity contribution in [3.05, 3.63) is 145 Å². The van der Waals surface area contributed by atoms with Crippen molar-refractivity contribution in [1.29, 1.82) is 0 Å². The molecule has 0 spiro atoms. The summed E-state index contributed by atoms with van der Waals surface area (Å²) in [6, 6.07) is 29.3. The van der Waals surface area contributed by atoms with Crippen LogP contribution in [-0.2, 0) is 29.0 Å². The summed E-state index contributed by atoms with van der Waals surface area (Å²) in [5.74, 6) is -1.06. The molecule has 15 heteroatoms. The summed E-state index contributed by atoms with van der Waals surface area (Å²) >= 11 is 8.89. The van der Waals surface area contributed by atoms with E-state index in [0.717, 1.165) is 22.8 Å². The van der Waals surface area contributed by atoms with E-state index in [1.807, 2.05) is 72.8 Å². The summed E-state index contributed by atoms with van der Waals surface area (Å²) in [4.78, 5) is 56.6. The molecule has 0 fully saturated rings. The third kappa shape index (κ3) is 14.7. The molecule has 264 valence electrons. The molecule has 6 heterocycles. The summed E-state index contributed by atoms with van der Waals surface area (Å²) in [6.07, 6.45) is 9.98. The summed E-state index contributed by atoms with van der Waals surface area (Å²) in [6.45, 7) is 0.670. The van der Waals surface area contributed by atoms with Crippen LogP contribution in [0.25, 0.3) is 34.2 Å². The van der Waals surface area contributed by atoms with Crippen molar-refractivity contribution in [1.82, 2.24) is 29.9 Å². The first-order valence-electron chi connectivity index (χ1n) is 15.6. The Morgan fingerprint density at radius 3 is 1.09 bits per heavy atom. The molecule has 0 unspecified atom stereocenters. The van der Waals surface area contributed by atoms with Crippen LogP contribution in [0.3, 0.4) is 0 Å². The molecule has 6 aromatic rings. The number of pyridine rings is 6. The summed E-state index contributed by atoms with van der Waals surface area (Å²) < 4.78 is 10.2. The minimum Gasteiger partial charge on any atom is -0.460 e. The number of carbonyl (C=O) groups excluding carboxylic acids is 2. The van der Waals surface area contributed by atoms with Gasteiger partial charge in [0.1, 0.15) is 13.2 Å². The maximum atomic E-state index is 12.1. The second-order valence-corrected chi connectivity index (χ2v) is 10.3. The maximum absolute atomic E-state index is 12.1. The Bertz CT molecular complexity index is 1880. The van der Waals surface area contributed by atoms with Gasteiger partial charge in [0.05, 0.1) is 68.7 Å². The van der Waals surface area contributed by atoms with Gasteiger partial charge in [-0.2, -0.15) is 0 Å². The zero-order valence-electron chi connectivity index (χ0n) is 27.9. The number of hydrogen-bond acceptors (Lipinski definition) is 14. The molecule has 6 rings (SSSR count). The van der Waals surface area contributed by atoms with Gasteiger partial charge in [-0.3, -0.25) is 29.9 Å². The maximum Gasteiger partial charge on any atom is 2.00 e. The molecule has 0 bridgehead atoms. The number of rotatable bonds is 11. The topological polar surface area (TPSA) is 155 Å². The van der Waals surface area contributed by atoms with Crippen LogP contribution < -0.4 is 0 Å². The van der Waals surface area contributed by atoms with Crippen molar-refractivity contribution in [2.75, 3.05) is 26.3 Å². The Morgan fingerprint density at radius 2 is 0.811 bits per heavy atom. The molecule has 0 aromatic carbocycles. The fourth-order valence-corrected chi connectivity index (χ4v) is 4.26. The minimum absolute atomic E-state index is 0. The molecule has 53 heavy (non-hydrogen) atoms. The number of hydrogen-bond donors (Lipinski definition) is 0. The number of nitrogens with zero attached hydrogens (tertiary/aromatic N) is 8. The predicted octanol–water partition coefficient (Wildman–Crippen LogP) is 6.95. The van der Waals surface area contributed by atoms with E-state index in [-0.39, 0.29) is 45.8 Å². The van der Waals surface area contributed by atoms with E-state index in [1.165, 1.54) is 36.7 Å². The van der Waals surface area contributed by atoms with E-state index in [2.05, 4.69) is 74.6 Å². The van der Waals surface area contributed by atoms with Gasteiger partial charge in [-0.15, -0.1) is 0 Å². The van der Waals surface area contributed by atoms with E-state index < -0.39 is 11.9 Å². The molecular formula is C38H30N8O4RuS2+2. The Hall–Kier alpha value is -5.94. The monoisotopic (exact) mass is 828 g/mol. The molecule has 12 nitrogen and oxygen atoms in total. The SMILES string of the molecule is O=C(OCCN=C=S)c1ccnc(-c2cc(C(=O)OCCN=C=S)ccn2)c1.[Ru+2].c1ccc(-c2ccccn2)nc1.c1ccc(-c2ccccn2)nc1. The van der Waals surface area contributed by atoms with Crippen LogP contribution in [0.4, 0.5) is 0 Å². The van der Waals surface area contributed by atoms with Gasteiger partial charge in [-0.25, -0.2) is 19.6 Å². The van der Waals surface area contributed by atoms with Gasteiger partial charge < -0.3 is 9.47 Å². The van der Waals surface area contributed by atoms with E-state index in [4.69, 9.17) is 9.47 Å². The predicted molar refractivity (Wildman–Crippen MR) is 203 cm³/mol. The van der Waals surface area contributed by atoms with E-state index >= 15 is 0 Å². The van der Waals surface area contributed by atoms with Gasteiger partial charge >= 0.3 is 31.4 Å². The first-order chi connectivity index (χ1) is 25.6. The third-order valence-corrected chi connectivity index (χ3v) is 6.70. The Kier molecular flexibility index (Phi) is 19.0. The normalized spacial score (nSPS) is 9.43. The second-order valence-electron chi connectivity index (χ2n) is 9.94. The summed E-state index contributed by atoms with van der Waals surface area (Å²) in [5.41, 5.74) is 5.07. The van der Waals surface area contributed by atoms with Crippen LogP contribution in [0, 0.1) is 0 Å². The quantitative estimate of drug-likeness (QED) is 0.0437. The van der Waals surface area contributed by atoms with Gasteiger partial charge in [0.15, 0.2) is 0 Å². The van der Waals surface area contributed by atoms with Gasteiger partial charge in [0.25, 0.3) is 0 Å².